The Morgan fingerprint density at radius 1 is 1.20 bits per heavy atom. The first kappa shape index (κ1) is 17.9. The maximum absolute atomic E-state index is 13.1. The number of Topliss-reactive ketones (excluding diaryl/α,β-unsaturated/α-hetero) is 1. The van der Waals surface area contributed by atoms with Crippen LogP contribution >= 0.6 is 0 Å². The summed E-state index contributed by atoms with van der Waals surface area (Å²) in [6.07, 6.45) is -1.85. The van der Waals surface area contributed by atoms with Crippen molar-refractivity contribution in [1.82, 2.24) is 5.06 Å². The second-order valence-corrected chi connectivity index (χ2v) is 6.69. The normalized spacial score (nSPS) is 23.5. The third-order valence-corrected chi connectivity index (χ3v) is 5.19. The minimum Gasteiger partial charge on any atom is -0.450 e. The minimum absolute atomic E-state index is 0.110. The summed E-state index contributed by atoms with van der Waals surface area (Å²) in [5, 5.41) is 1.72. The number of hydrogen-bond acceptors (Lipinski definition) is 5. The summed E-state index contributed by atoms with van der Waals surface area (Å²) in [6, 6.07) is 2.68. The molecule has 0 aliphatic carbocycles. The molecule has 1 unspecified atom stereocenters. The first-order chi connectivity index (χ1) is 11.8. The fraction of sp³-hybridized carbons (Fsp3) is 0.556. The van der Waals surface area contributed by atoms with Crippen molar-refractivity contribution in [2.75, 3.05) is 20.2 Å². The lowest BCUT2D eigenvalue weighted by atomic mass is 9.79. The van der Waals surface area contributed by atoms with Gasteiger partial charge < -0.3 is 9.57 Å². The van der Waals surface area contributed by atoms with Gasteiger partial charge in [-0.2, -0.15) is 5.06 Å². The number of aryl methyl sites for hydroxylation is 2. The predicted octanol–water partition coefficient (Wildman–Crippen LogP) is 2.85. The number of benzene rings is 1. The number of esters is 1. The van der Waals surface area contributed by atoms with Crippen molar-refractivity contribution in [3.05, 3.63) is 34.4 Å². The number of ether oxygens (including phenoxy) is 1. The topological polar surface area (TPSA) is 55.8 Å². The highest BCUT2D eigenvalue weighted by molar-refractivity contribution is 6.14. The number of carbonyl (C=O) groups excluding carboxylic acids is 2. The summed E-state index contributed by atoms with van der Waals surface area (Å²) in [7, 11) is 1.56. The Morgan fingerprint density at radius 3 is 2.24 bits per heavy atom. The van der Waals surface area contributed by atoms with Crippen LogP contribution in [-0.2, 0) is 19.2 Å². The SMILES string of the molecule is CON1CCC2(CC1)OC(=O)C(c1c(C)cc(C(F)F)cc1C)C2=O. The average molecular weight is 353 g/mol. The van der Waals surface area contributed by atoms with E-state index in [1.807, 2.05) is 0 Å². The second-order valence-electron chi connectivity index (χ2n) is 6.69. The molecule has 1 atom stereocenters. The standard InChI is InChI=1S/C18H21F2NO4/c1-10-8-12(16(19)20)9-11(2)13(10)14-15(22)18(25-17(14)23)4-6-21(24-3)7-5-18/h8-9,14,16H,4-7H2,1-3H3. The van der Waals surface area contributed by atoms with Gasteiger partial charge in [0.15, 0.2) is 11.4 Å². The number of carbonyl (C=O) groups is 2. The van der Waals surface area contributed by atoms with E-state index in [0.717, 1.165) is 0 Å². The van der Waals surface area contributed by atoms with E-state index >= 15 is 0 Å². The van der Waals surface area contributed by atoms with E-state index in [0.29, 0.717) is 42.6 Å². The molecule has 2 saturated heterocycles. The Kier molecular flexibility index (Phi) is 4.64. The van der Waals surface area contributed by atoms with Crippen LogP contribution in [0.5, 0.6) is 0 Å². The van der Waals surface area contributed by atoms with Gasteiger partial charge in [-0.3, -0.25) is 9.59 Å². The van der Waals surface area contributed by atoms with Gasteiger partial charge in [-0.15, -0.1) is 0 Å². The molecule has 5 nitrogen and oxygen atoms in total. The number of halogens is 2. The van der Waals surface area contributed by atoms with Crippen molar-refractivity contribution in [3.8, 4) is 0 Å². The molecular formula is C18H21F2NO4. The van der Waals surface area contributed by atoms with Crippen LogP contribution in [0.15, 0.2) is 12.1 Å². The molecule has 0 saturated carbocycles. The molecule has 1 aromatic rings. The van der Waals surface area contributed by atoms with E-state index in [1.165, 1.54) is 12.1 Å². The van der Waals surface area contributed by atoms with Crippen molar-refractivity contribution in [2.24, 2.45) is 0 Å². The van der Waals surface area contributed by atoms with Crippen LogP contribution in [0.3, 0.4) is 0 Å². The van der Waals surface area contributed by atoms with Gasteiger partial charge in [0.05, 0.1) is 7.11 Å². The zero-order valence-electron chi connectivity index (χ0n) is 14.5. The second kappa shape index (κ2) is 6.46. The van der Waals surface area contributed by atoms with Gasteiger partial charge >= 0.3 is 5.97 Å². The molecule has 0 radical (unpaired) electrons. The van der Waals surface area contributed by atoms with E-state index in [4.69, 9.17) is 9.57 Å². The number of piperidine rings is 1. The van der Waals surface area contributed by atoms with Crippen LogP contribution in [0.2, 0.25) is 0 Å². The van der Waals surface area contributed by atoms with Crippen molar-refractivity contribution < 1.29 is 27.9 Å². The van der Waals surface area contributed by atoms with Gasteiger partial charge in [-0.05, 0) is 30.5 Å². The van der Waals surface area contributed by atoms with Crippen LogP contribution in [0.25, 0.3) is 0 Å². The Hall–Kier alpha value is -1.86. The molecule has 7 heteroatoms. The third kappa shape index (κ3) is 2.95. The molecule has 2 aliphatic heterocycles. The summed E-state index contributed by atoms with van der Waals surface area (Å²) >= 11 is 0. The quantitative estimate of drug-likeness (QED) is 0.618. The van der Waals surface area contributed by atoms with Crippen molar-refractivity contribution in [1.29, 1.82) is 0 Å². The first-order valence-corrected chi connectivity index (χ1v) is 8.24. The molecule has 136 valence electrons. The molecule has 2 heterocycles. The molecule has 1 aromatic carbocycles. The Labute approximate surface area is 144 Å². The van der Waals surface area contributed by atoms with Gasteiger partial charge in [-0.1, -0.05) is 12.1 Å². The lowest BCUT2D eigenvalue weighted by molar-refractivity contribution is -0.184. The molecule has 3 rings (SSSR count). The van der Waals surface area contributed by atoms with E-state index in [-0.39, 0.29) is 11.3 Å². The molecule has 0 aromatic heterocycles. The molecule has 0 amide bonds. The summed E-state index contributed by atoms with van der Waals surface area (Å²) in [4.78, 5) is 30.7. The van der Waals surface area contributed by atoms with Gasteiger partial charge in [-0.25, -0.2) is 8.78 Å². The predicted molar refractivity (Wildman–Crippen MR) is 85.3 cm³/mol. The van der Waals surface area contributed by atoms with E-state index < -0.39 is 23.9 Å². The third-order valence-electron chi connectivity index (χ3n) is 5.19. The fourth-order valence-corrected chi connectivity index (χ4v) is 3.89. The summed E-state index contributed by atoms with van der Waals surface area (Å²) in [5.74, 6) is -1.91. The van der Waals surface area contributed by atoms with Gasteiger partial charge in [0.2, 0.25) is 0 Å². The minimum atomic E-state index is -2.60. The smallest absolute Gasteiger partial charge is 0.322 e. The first-order valence-electron chi connectivity index (χ1n) is 8.24. The monoisotopic (exact) mass is 353 g/mol. The number of rotatable bonds is 3. The lowest BCUT2D eigenvalue weighted by Gasteiger charge is -2.35. The molecule has 2 fully saturated rings. The van der Waals surface area contributed by atoms with Crippen LogP contribution < -0.4 is 0 Å². The highest BCUT2D eigenvalue weighted by Crippen LogP contribution is 2.43. The summed E-state index contributed by atoms with van der Waals surface area (Å²) < 4.78 is 31.5. The number of ketones is 1. The molecule has 1 spiro atoms. The Balaban J connectivity index is 1.94. The van der Waals surface area contributed by atoms with Crippen molar-refractivity contribution >= 4 is 11.8 Å². The zero-order chi connectivity index (χ0) is 18.4. The van der Waals surface area contributed by atoms with Gasteiger partial charge in [0, 0.05) is 31.5 Å². The largest absolute Gasteiger partial charge is 0.450 e. The average Bonchev–Trinajstić information content (AvgIpc) is 2.79. The number of nitrogens with zero attached hydrogens (tertiary/aromatic N) is 1. The zero-order valence-corrected chi connectivity index (χ0v) is 14.5. The maximum Gasteiger partial charge on any atom is 0.322 e. The van der Waals surface area contributed by atoms with Crippen LogP contribution in [-0.4, -0.2) is 42.6 Å². The summed E-state index contributed by atoms with van der Waals surface area (Å²) in [5.41, 5.74) is 0.275. The Bertz CT molecular complexity index is 688. The fourth-order valence-electron chi connectivity index (χ4n) is 3.89. The van der Waals surface area contributed by atoms with Crippen LogP contribution in [0.1, 0.15) is 47.4 Å². The molecule has 25 heavy (non-hydrogen) atoms. The lowest BCUT2D eigenvalue weighted by Crippen LogP contribution is -2.48. The number of hydroxylamine groups is 2. The summed E-state index contributed by atoms with van der Waals surface area (Å²) in [6.45, 7) is 4.27. The molecule has 2 aliphatic rings. The highest BCUT2D eigenvalue weighted by Gasteiger charge is 2.57. The Morgan fingerprint density at radius 2 is 1.76 bits per heavy atom. The van der Waals surface area contributed by atoms with Crippen molar-refractivity contribution in [3.63, 3.8) is 0 Å². The van der Waals surface area contributed by atoms with Crippen LogP contribution in [0, 0.1) is 13.8 Å². The van der Waals surface area contributed by atoms with E-state index in [2.05, 4.69) is 0 Å². The highest BCUT2D eigenvalue weighted by atomic mass is 19.3. The van der Waals surface area contributed by atoms with Crippen molar-refractivity contribution in [2.45, 2.75) is 44.6 Å². The van der Waals surface area contributed by atoms with Gasteiger partial charge in [0.25, 0.3) is 6.43 Å². The van der Waals surface area contributed by atoms with Gasteiger partial charge in [0.1, 0.15) is 5.92 Å². The van der Waals surface area contributed by atoms with E-state index in [9.17, 15) is 18.4 Å². The molecule has 0 bridgehead atoms. The number of hydrogen-bond donors (Lipinski definition) is 0. The maximum atomic E-state index is 13.1. The molecule has 0 N–H and O–H groups in total. The van der Waals surface area contributed by atoms with E-state index in [1.54, 1.807) is 26.0 Å². The number of alkyl halides is 2. The van der Waals surface area contributed by atoms with Crippen LogP contribution in [0.4, 0.5) is 8.78 Å². The molecular weight excluding hydrogens is 332 g/mol.